The Morgan fingerprint density at radius 3 is 2.27 bits per heavy atom. The fourth-order valence-electron chi connectivity index (χ4n) is 5.32. The summed E-state index contributed by atoms with van der Waals surface area (Å²) in [6.45, 7) is 13.1. The Balaban J connectivity index is 0.000000222. The van der Waals surface area contributed by atoms with Crippen molar-refractivity contribution < 1.29 is 21.5 Å². The predicted molar refractivity (Wildman–Crippen MR) is 195 cm³/mol. The average molecular weight is 853 g/mol. The summed E-state index contributed by atoms with van der Waals surface area (Å²) >= 11 is -0.0532. The minimum absolute atomic E-state index is 0. The zero-order valence-electron chi connectivity index (χ0n) is 28.2. The third-order valence-electron chi connectivity index (χ3n) is 7.79. The molecule has 44 heavy (non-hydrogen) atoms. The first kappa shape index (κ1) is 33.0. The van der Waals surface area contributed by atoms with E-state index in [4.69, 9.17) is 1.37 Å². The van der Waals surface area contributed by atoms with Gasteiger partial charge in [-0.15, -0.1) is 35.9 Å². The number of nitrogens with zero attached hydrogens (tertiary/aromatic N) is 2. The van der Waals surface area contributed by atoms with Crippen LogP contribution in [0.15, 0.2) is 85.2 Å². The molecule has 0 atom stereocenters. The van der Waals surface area contributed by atoms with Crippen LogP contribution in [0.2, 0.25) is 36.9 Å². The first-order chi connectivity index (χ1) is 20.6. The van der Waals surface area contributed by atoms with Gasteiger partial charge in [0.25, 0.3) is 0 Å². The zero-order valence-corrected chi connectivity index (χ0v) is 33.5. The van der Waals surface area contributed by atoms with Crippen LogP contribution in [-0.2, 0) is 20.1 Å². The van der Waals surface area contributed by atoms with Crippen molar-refractivity contribution in [2.45, 2.75) is 63.6 Å². The molecule has 6 aromatic rings. The standard InChI is InChI=1S/C23H24GeNS.C15H18NSi.Ir/c1-15(2)16-11-12-25-21(13-16)19-8-6-7-18-20-14-17(24(3,4)5)9-10-22(20)26-23(18)19;1-12-10-14(13-8-6-5-7-9-13)16-11-15(12)17(2,3)4;/h6-7,9-15H,1-5H3;5-8,10-11H,1-4H3;/q2*-1;/i15D;;. The molecule has 0 fully saturated rings. The van der Waals surface area contributed by atoms with Crippen LogP contribution in [0, 0.1) is 19.1 Å². The Morgan fingerprint density at radius 1 is 0.864 bits per heavy atom. The van der Waals surface area contributed by atoms with Crippen LogP contribution in [-0.4, -0.2) is 31.3 Å². The van der Waals surface area contributed by atoms with Crippen molar-refractivity contribution in [2.24, 2.45) is 0 Å². The third-order valence-corrected chi connectivity index (χ3v) is 15.4. The van der Waals surface area contributed by atoms with E-state index in [0.29, 0.717) is 0 Å². The van der Waals surface area contributed by atoms with Crippen molar-refractivity contribution in [3.63, 3.8) is 0 Å². The molecule has 3 aromatic heterocycles. The molecule has 0 saturated carbocycles. The van der Waals surface area contributed by atoms with Crippen molar-refractivity contribution in [2.75, 3.05) is 0 Å². The second-order valence-electron chi connectivity index (χ2n) is 13.5. The molecule has 0 unspecified atom stereocenters. The molecular formula is C38H42GeIrN2SSi-2. The van der Waals surface area contributed by atoms with Gasteiger partial charge in [0.05, 0.1) is 8.07 Å². The van der Waals surface area contributed by atoms with E-state index in [9.17, 15) is 0 Å². The van der Waals surface area contributed by atoms with Gasteiger partial charge in [-0.1, -0.05) is 31.3 Å². The van der Waals surface area contributed by atoms with E-state index in [0.717, 1.165) is 28.1 Å². The van der Waals surface area contributed by atoms with Crippen LogP contribution in [0.25, 0.3) is 42.7 Å². The van der Waals surface area contributed by atoms with Crippen molar-refractivity contribution >= 4 is 62.4 Å². The Kier molecular flexibility index (Phi) is 10.4. The third kappa shape index (κ3) is 7.68. The molecule has 0 aliphatic carbocycles. The minimum Gasteiger partial charge on any atom is 0 e. The fourth-order valence-corrected chi connectivity index (χ4v) is 10.6. The van der Waals surface area contributed by atoms with Gasteiger partial charge in [-0.3, -0.25) is 0 Å². The number of pyridine rings is 2. The number of fused-ring (bicyclic) bond motifs is 3. The summed E-state index contributed by atoms with van der Waals surface area (Å²) in [6.07, 6.45) is 3.87. The van der Waals surface area contributed by atoms with Gasteiger partial charge in [0, 0.05) is 26.3 Å². The Labute approximate surface area is 286 Å². The number of hydrogen-bond donors (Lipinski definition) is 0. The number of thiophene rings is 1. The first-order valence-corrected chi connectivity index (χ1v) is 26.6. The second kappa shape index (κ2) is 13.9. The molecule has 0 amide bonds. The van der Waals surface area contributed by atoms with E-state index in [2.05, 4.69) is 109 Å². The van der Waals surface area contributed by atoms with E-state index in [-0.39, 0.29) is 20.1 Å². The van der Waals surface area contributed by atoms with Crippen LogP contribution in [0.3, 0.4) is 0 Å². The number of rotatable bonds is 5. The number of aromatic nitrogens is 2. The van der Waals surface area contributed by atoms with E-state index < -0.39 is 27.2 Å². The predicted octanol–water partition coefficient (Wildman–Crippen LogP) is 9.99. The monoisotopic (exact) mass is 854 g/mol. The molecule has 0 N–H and O–H groups in total. The van der Waals surface area contributed by atoms with Crippen molar-refractivity contribution in [1.29, 1.82) is 0 Å². The quantitative estimate of drug-likeness (QED) is 0.128. The molecule has 6 rings (SSSR count). The van der Waals surface area contributed by atoms with Gasteiger partial charge in [0.15, 0.2) is 0 Å². The molecule has 3 aromatic carbocycles. The number of aryl methyl sites for hydroxylation is 1. The average Bonchev–Trinajstić information content (AvgIpc) is 3.35. The molecule has 2 nitrogen and oxygen atoms in total. The summed E-state index contributed by atoms with van der Waals surface area (Å²) in [5, 5.41) is 4.08. The summed E-state index contributed by atoms with van der Waals surface area (Å²) in [5.41, 5.74) is 6.36. The molecular weight excluding hydrogens is 809 g/mol. The number of hydrogen-bond acceptors (Lipinski definition) is 3. The molecule has 3 heterocycles. The molecule has 0 aliphatic rings. The van der Waals surface area contributed by atoms with Gasteiger partial charge in [-0.25, -0.2) is 0 Å². The molecule has 229 valence electrons. The van der Waals surface area contributed by atoms with Gasteiger partial charge in [-0.05, 0) is 17.8 Å². The van der Waals surface area contributed by atoms with Crippen LogP contribution in [0.5, 0.6) is 0 Å². The van der Waals surface area contributed by atoms with Gasteiger partial charge < -0.3 is 4.98 Å². The fraction of sp³-hybridized carbons (Fsp3) is 0.263. The van der Waals surface area contributed by atoms with Gasteiger partial charge in [0.1, 0.15) is 0 Å². The maximum atomic E-state index is 8.33. The smallest absolute Gasteiger partial charge is 0 e. The molecule has 0 aliphatic heterocycles. The normalized spacial score (nSPS) is 12.3. The summed E-state index contributed by atoms with van der Waals surface area (Å²) in [6, 6.07) is 32.0. The van der Waals surface area contributed by atoms with Crippen LogP contribution >= 0.6 is 11.3 Å². The van der Waals surface area contributed by atoms with Crippen molar-refractivity contribution in [3.05, 3.63) is 108 Å². The van der Waals surface area contributed by atoms with E-state index in [1.54, 1.807) is 0 Å². The van der Waals surface area contributed by atoms with Gasteiger partial charge in [0.2, 0.25) is 0 Å². The van der Waals surface area contributed by atoms with Crippen LogP contribution in [0.1, 0.15) is 32.2 Å². The van der Waals surface area contributed by atoms with Crippen molar-refractivity contribution in [1.82, 2.24) is 9.97 Å². The summed E-state index contributed by atoms with van der Waals surface area (Å²) in [7, 11) is -1.27. The molecule has 6 heteroatoms. The van der Waals surface area contributed by atoms with Gasteiger partial charge in [-0.2, -0.15) is 0 Å². The van der Waals surface area contributed by atoms with Crippen LogP contribution < -0.4 is 9.58 Å². The minimum atomic E-state index is -1.87. The molecule has 0 spiro atoms. The van der Waals surface area contributed by atoms with E-state index in [1.807, 2.05) is 67.8 Å². The number of benzene rings is 3. The second-order valence-corrected chi connectivity index (χ2v) is 30.2. The molecule has 0 bridgehead atoms. The maximum absolute atomic E-state index is 8.33. The van der Waals surface area contributed by atoms with Gasteiger partial charge >= 0.3 is 164 Å². The Morgan fingerprint density at radius 2 is 1.64 bits per heavy atom. The summed E-state index contributed by atoms with van der Waals surface area (Å²) in [5.74, 6) is 6.67. The van der Waals surface area contributed by atoms with Crippen LogP contribution in [0.4, 0.5) is 0 Å². The maximum Gasteiger partial charge on any atom is 0 e. The molecule has 0 saturated heterocycles. The molecule has 1 radical (unpaired) electrons. The summed E-state index contributed by atoms with van der Waals surface area (Å²) < 4.78 is 12.4. The summed E-state index contributed by atoms with van der Waals surface area (Å²) in [4.78, 5) is 9.18. The van der Waals surface area contributed by atoms with Crippen molar-refractivity contribution in [3.8, 4) is 22.5 Å². The Hall–Kier alpha value is -2.41. The SMILES string of the molecule is Cc1cc(-c2[c-]cccc2)ncc1[Si](C)(C)C.[2H]C(C)(C)c1ccnc(-c2[c-]ccc3c2sc2cc[c]([Ge]([CH3])([CH3])[CH3])cc23)c1.[Ir]. The first-order valence-electron chi connectivity index (χ1n) is 15.4. The largest absolute Gasteiger partial charge is 0 e. The van der Waals surface area contributed by atoms with E-state index in [1.165, 1.54) is 35.3 Å². The topological polar surface area (TPSA) is 25.8 Å². The Bertz CT molecular complexity index is 1940. The van der Waals surface area contributed by atoms with E-state index >= 15 is 0 Å². The zero-order chi connectivity index (χ0) is 31.9.